The monoisotopic (exact) mass is 284 g/mol. The Morgan fingerprint density at radius 2 is 2.10 bits per heavy atom. The van der Waals surface area contributed by atoms with E-state index in [0.29, 0.717) is 12.1 Å². The zero-order valence-corrected chi connectivity index (χ0v) is 12.4. The van der Waals surface area contributed by atoms with E-state index >= 15 is 0 Å². The summed E-state index contributed by atoms with van der Waals surface area (Å²) in [5.41, 5.74) is 3.34. The van der Waals surface area contributed by atoms with Gasteiger partial charge >= 0.3 is 0 Å². The lowest BCUT2D eigenvalue weighted by Crippen LogP contribution is -2.32. The third kappa shape index (κ3) is 2.76. The van der Waals surface area contributed by atoms with Crippen LogP contribution < -0.4 is 5.32 Å². The van der Waals surface area contributed by atoms with Crippen LogP contribution in [0.4, 0.5) is 0 Å². The predicted octanol–water partition coefficient (Wildman–Crippen LogP) is 2.35. The minimum absolute atomic E-state index is 0.0784. The first-order valence-electron chi connectivity index (χ1n) is 7.30. The molecule has 1 aliphatic carbocycles. The highest BCUT2D eigenvalue weighted by Gasteiger charge is 2.42. The SMILES string of the molecule is Cc1ccc2cc(C(=O)NCC3(CO)CC3)c(C)nc2c1. The van der Waals surface area contributed by atoms with Gasteiger partial charge in [0.15, 0.2) is 0 Å². The number of rotatable bonds is 4. The fraction of sp³-hybridized carbons (Fsp3) is 0.412. The van der Waals surface area contributed by atoms with Crippen LogP contribution in [0.25, 0.3) is 10.9 Å². The van der Waals surface area contributed by atoms with Gasteiger partial charge in [0.1, 0.15) is 0 Å². The summed E-state index contributed by atoms with van der Waals surface area (Å²) in [6.07, 6.45) is 1.97. The smallest absolute Gasteiger partial charge is 0.253 e. The average Bonchev–Trinajstić information content (AvgIpc) is 3.24. The average molecular weight is 284 g/mol. The molecule has 21 heavy (non-hydrogen) atoms. The van der Waals surface area contributed by atoms with Crippen LogP contribution in [0.15, 0.2) is 24.3 Å². The Balaban J connectivity index is 1.84. The molecule has 1 aromatic carbocycles. The molecule has 1 amide bonds. The number of fused-ring (bicyclic) bond motifs is 1. The molecule has 4 nitrogen and oxygen atoms in total. The molecule has 2 aromatic rings. The highest BCUT2D eigenvalue weighted by atomic mass is 16.3. The molecular formula is C17H20N2O2. The number of hydrogen-bond acceptors (Lipinski definition) is 3. The van der Waals surface area contributed by atoms with Gasteiger partial charge in [0, 0.05) is 17.3 Å². The molecule has 0 atom stereocenters. The lowest BCUT2D eigenvalue weighted by atomic mass is 10.1. The van der Waals surface area contributed by atoms with Crippen molar-refractivity contribution in [3.05, 3.63) is 41.1 Å². The lowest BCUT2D eigenvalue weighted by Gasteiger charge is -2.14. The summed E-state index contributed by atoms with van der Waals surface area (Å²) in [4.78, 5) is 16.9. The Morgan fingerprint density at radius 3 is 2.76 bits per heavy atom. The maximum Gasteiger partial charge on any atom is 0.253 e. The maximum atomic E-state index is 12.3. The van der Waals surface area contributed by atoms with Crippen molar-refractivity contribution >= 4 is 16.8 Å². The van der Waals surface area contributed by atoms with Gasteiger partial charge in [-0.25, -0.2) is 0 Å². The highest BCUT2D eigenvalue weighted by Crippen LogP contribution is 2.44. The molecule has 110 valence electrons. The van der Waals surface area contributed by atoms with Crippen molar-refractivity contribution in [2.24, 2.45) is 5.41 Å². The zero-order valence-electron chi connectivity index (χ0n) is 12.4. The number of carbonyl (C=O) groups excluding carboxylic acids is 1. The van der Waals surface area contributed by atoms with E-state index in [9.17, 15) is 9.90 Å². The third-order valence-corrected chi connectivity index (χ3v) is 4.32. The van der Waals surface area contributed by atoms with Gasteiger partial charge in [-0.2, -0.15) is 0 Å². The molecule has 1 heterocycles. The number of aromatic nitrogens is 1. The number of amides is 1. The fourth-order valence-electron chi connectivity index (χ4n) is 2.53. The highest BCUT2D eigenvalue weighted by molar-refractivity contribution is 5.98. The fourth-order valence-corrected chi connectivity index (χ4v) is 2.53. The van der Waals surface area contributed by atoms with Gasteiger partial charge < -0.3 is 10.4 Å². The summed E-state index contributed by atoms with van der Waals surface area (Å²) in [5, 5.41) is 13.2. The van der Waals surface area contributed by atoms with E-state index in [1.807, 2.05) is 38.1 Å². The second-order valence-corrected chi connectivity index (χ2v) is 6.16. The number of carbonyl (C=O) groups is 1. The number of hydrogen-bond donors (Lipinski definition) is 2. The molecule has 0 radical (unpaired) electrons. The summed E-state index contributed by atoms with van der Waals surface area (Å²) in [5.74, 6) is -0.109. The summed E-state index contributed by atoms with van der Waals surface area (Å²) in [6.45, 7) is 4.56. The van der Waals surface area contributed by atoms with E-state index in [0.717, 1.165) is 35.0 Å². The van der Waals surface area contributed by atoms with Crippen LogP contribution in [0, 0.1) is 19.3 Å². The second-order valence-electron chi connectivity index (χ2n) is 6.16. The zero-order chi connectivity index (χ0) is 15.0. The normalized spacial score (nSPS) is 16.0. The van der Waals surface area contributed by atoms with E-state index in [1.165, 1.54) is 0 Å². The van der Waals surface area contributed by atoms with Gasteiger partial charge in [-0.1, -0.05) is 12.1 Å². The van der Waals surface area contributed by atoms with Gasteiger partial charge in [0.25, 0.3) is 5.91 Å². The Bertz CT molecular complexity index is 705. The quantitative estimate of drug-likeness (QED) is 0.906. The number of aliphatic hydroxyl groups is 1. The van der Waals surface area contributed by atoms with Crippen LogP contribution in [0.3, 0.4) is 0 Å². The van der Waals surface area contributed by atoms with Crippen molar-refractivity contribution in [1.82, 2.24) is 10.3 Å². The van der Waals surface area contributed by atoms with E-state index in [4.69, 9.17) is 0 Å². The van der Waals surface area contributed by atoms with E-state index < -0.39 is 0 Å². The van der Waals surface area contributed by atoms with Crippen LogP contribution >= 0.6 is 0 Å². The van der Waals surface area contributed by atoms with Gasteiger partial charge in [-0.3, -0.25) is 9.78 Å². The molecular weight excluding hydrogens is 264 g/mol. The molecule has 1 aromatic heterocycles. The van der Waals surface area contributed by atoms with Crippen LogP contribution in [-0.2, 0) is 0 Å². The molecule has 1 saturated carbocycles. The first-order chi connectivity index (χ1) is 10.0. The molecule has 1 fully saturated rings. The van der Waals surface area contributed by atoms with Crippen molar-refractivity contribution in [2.75, 3.05) is 13.2 Å². The van der Waals surface area contributed by atoms with Gasteiger partial charge in [0.05, 0.1) is 23.4 Å². The van der Waals surface area contributed by atoms with Crippen LogP contribution in [0.1, 0.15) is 34.5 Å². The largest absolute Gasteiger partial charge is 0.396 e. The third-order valence-electron chi connectivity index (χ3n) is 4.32. The lowest BCUT2D eigenvalue weighted by molar-refractivity contribution is 0.0934. The Labute approximate surface area is 124 Å². The molecule has 2 N–H and O–H groups in total. The van der Waals surface area contributed by atoms with Gasteiger partial charge in [-0.05, 0) is 44.4 Å². The summed E-state index contributed by atoms with van der Waals surface area (Å²) in [7, 11) is 0. The first kappa shape index (κ1) is 14.0. The van der Waals surface area contributed by atoms with Crippen LogP contribution in [-0.4, -0.2) is 29.1 Å². The van der Waals surface area contributed by atoms with Crippen molar-refractivity contribution in [2.45, 2.75) is 26.7 Å². The first-order valence-corrected chi connectivity index (χ1v) is 7.30. The number of nitrogens with zero attached hydrogens (tertiary/aromatic N) is 1. The van der Waals surface area contributed by atoms with Crippen molar-refractivity contribution < 1.29 is 9.90 Å². The second kappa shape index (κ2) is 5.11. The van der Waals surface area contributed by atoms with Crippen molar-refractivity contribution in [1.29, 1.82) is 0 Å². The van der Waals surface area contributed by atoms with Crippen molar-refractivity contribution in [3.8, 4) is 0 Å². The van der Waals surface area contributed by atoms with E-state index in [2.05, 4.69) is 10.3 Å². The number of aryl methyl sites for hydroxylation is 2. The molecule has 0 saturated heterocycles. The van der Waals surface area contributed by atoms with Gasteiger partial charge in [0.2, 0.25) is 0 Å². The number of aliphatic hydroxyl groups excluding tert-OH is 1. The molecule has 0 spiro atoms. The molecule has 1 aliphatic rings. The number of benzene rings is 1. The maximum absolute atomic E-state index is 12.3. The summed E-state index contributed by atoms with van der Waals surface area (Å²) in [6, 6.07) is 7.93. The minimum atomic E-state index is -0.109. The van der Waals surface area contributed by atoms with Crippen LogP contribution in [0.2, 0.25) is 0 Å². The Hall–Kier alpha value is -1.94. The summed E-state index contributed by atoms with van der Waals surface area (Å²) < 4.78 is 0. The molecule has 0 bridgehead atoms. The molecule has 0 aliphatic heterocycles. The van der Waals surface area contributed by atoms with Gasteiger partial charge in [-0.15, -0.1) is 0 Å². The Kier molecular flexibility index (Phi) is 3.41. The Morgan fingerprint density at radius 1 is 1.33 bits per heavy atom. The topological polar surface area (TPSA) is 62.2 Å². The standard InChI is InChI=1S/C17H20N2O2/c1-11-3-4-13-8-14(12(2)19-15(13)7-11)16(21)18-9-17(10-20)5-6-17/h3-4,7-8,20H,5-6,9-10H2,1-2H3,(H,18,21). The van der Waals surface area contributed by atoms with Crippen LogP contribution in [0.5, 0.6) is 0 Å². The van der Waals surface area contributed by atoms with E-state index in [1.54, 1.807) is 0 Å². The number of nitrogens with one attached hydrogen (secondary N) is 1. The number of pyridine rings is 1. The molecule has 0 unspecified atom stereocenters. The predicted molar refractivity (Wildman–Crippen MR) is 82.3 cm³/mol. The van der Waals surface area contributed by atoms with Crippen molar-refractivity contribution in [3.63, 3.8) is 0 Å². The molecule has 4 heteroatoms. The molecule has 3 rings (SSSR count). The minimum Gasteiger partial charge on any atom is -0.396 e. The van der Waals surface area contributed by atoms with E-state index in [-0.39, 0.29) is 17.9 Å². The summed E-state index contributed by atoms with van der Waals surface area (Å²) >= 11 is 0.